The second-order valence-corrected chi connectivity index (χ2v) is 7.29. The summed E-state index contributed by atoms with van der Waals surface area (Å²) in [7, 11) is -3.45. The summed E-state index contributed by atoms with van der Waals surface area (Å²) in [5, 5.41) is 0.205. The summed E-state index contributed by atoms with van der Waals surface area (Å²) in [5.41, 5.74) is 0. The number of sulfonamides is 1. The lowest BCUT2D eigenvalue weighted by molar-refractivity contribution is 0.360. The van der Waals surface area contributed by atoms with Gasteiger partial charge in [-0.1, -0.05) is 25.4 Å². The summed E-state index contributed by atoms with van der Waals surface area (Å²) >= 11 is 5.76. The van der Waals surface area contributed by atoms with E-state index in [0.29, 0.717) is 12.5 Å². The van der Waals surface area contributed by atoms with Crippen LogP contribution in [0.2, 0.25) is 5.15 Å². The number of hydrogen-bond donors (Lipinski definition) is 0. The molecule has 1 aliphatic rings. The third kappa shape index (κ3) is 3.02. The van der Waals surface area contributed by atoms with Crippen LogP contribution in [0.1, 0.15) is 26.7 Å². The molecule has 0 spiro atoms. The van der Waals surface area contributed by atoms with E-state index in [1.165, 1.54) is 18.3 Å². The van der Waals surface area contributed by atoms with Crippen molar-refractivity contribution in [2.45, 2.75) is 37.6 Å². The molecule has 1 saturated carbocycles. The zero-order chi connectivity index (χ0) is 13.3. The molecule has 4 nitrogen and oxygen atoms in total. The van der Waals surface area contributed by atoms with Crippen molar-refractivity contribution in [3.63, 3.8) is 0 Å². The fourth-order valence-electron chi connectivity index (χ4n) is 1.85. The molecule has 0 radical (unpaired) electrons. The first kappa shape index (κ1) is 13.8. The van der Waals surface area contributed by atoms with E-state index in [9.17, 15) is 8.42 Å². The number of hydrogen-bond acceptors (Lipinski definition) is 3. The first-order valence-corrected chi connectivity index (χ1v) is 7.86. The molecule has 1 fully saturated rings. The summed E-state index contributed by atoms with van der Waals surface area (Å²) in [6, 6.07) is 3.06. The molecule has 2 rings (SSSR count). The maximum Gasteiger partial charge on any atom is 0.243 e. The molecule has 18 heavy (non-hydrogen) atoms. The minimum Gasteiger partial charge on any atom is -0.244 e. The fourth-order valence-corrected chi connectivity index (χ4v) is 3.95. The number of halogens is 1. The Labute approximate surface area is 113 Å². The molecule has 0 bridgehead atoms. The molecule has 0 N–H and O–H groups in total. The Kier molecular flexibility index (Phi) is 3.94. The van der Waals surface area contributed by atoms with Crippen molar-refractivity contribution in [1.29, 1.82) is 0 Å². The SMILES string of the molecule is CC(C)CN(C1CC1)S(=O)(=O)c1ccnc(Cl)c1. The average Bonchev–Trinajstić information content (AvgIpc) is 3.09. The van der Waals surface area contributed by atoms with Crippen molar-refractivity contribution in [3.05, 3.63) is 23.5 Å². The Morgan fingerprint density at radius 2 is 2.17 bits per heavy atom. The molecule has 0 aliphatic heterocycles. The summed E-state index contributed by atoms with van der Waals surface area (Å²) in [6.07, 6.45) is 3.32. The van der Waals surface area contributed by atoms with Crippen LogP contribution in [0.4, 0.5) is 0 Å². The van der Waals surface area contributed by atoms with Crippen molar-refractivity contribution in [2.24, 2.45) is 5.92 Å². The summed E-state index contributed by atoms with van der Waals surface area (Å²) in [4.78, 5) is 4.05. The molecule has 100 valence electrons. The molecule has 0 unspecified atom stereocenters. The molecular formula is C12H17ClN2O2S. The van der Waals surface area contributed by atoms with E-state index in [0.717, 1.165) is 12.8 Å². The van der Waals surface area contributed by atoms with E-state index in [4.69, 9.17) is 11.6 Å². The predicted octanol–water partition coefficient (Wildman–Crippen LogP) is 2.54. The van der Waals surface area contributed by atoms with Gasteiger partial charge in [-0.25, -0.2) is 13.4 Å². The third-order valence-electron chi connectivity index (χ3n) is 2.80. The second-order valence-electron chi connectivity index (χ2n) is 5.01. The van der Waals surface area contributed by atoms with Crippen LogP contribution in [-0.2, 0) is 10.0 Å². The minimum atomic E-state index is -3.45. The van der Waals surface area contributed by atoms with Crippen LogP contribution in [0.25, 0.3) is 0 Å². The van der Waals surface area contributed by atoms with Crippen LogP contribution >= 0.6 is 11.6 Å². The Bertz CT molecular complexity index is 527. The lowest BCUT2D eigenvalue weighted by atomic mass is 10.2. The van der Waals surface area contributed by atoms with Gasteiger partial charge in [-0.3, -0.25) is 0 Å². The van der Waals surface area contributed by atoms with Gasteiger partial charge in [0, 0.05) is 18.8 Å². The first-order valence-electron chi connectivity index (χ1n) is 6.04. The highest BCUT2D eigenvalue weighted by molar-refractivity contribution is 7.89. The zero-order valence-corrected chi connectivity index (χ0v) is 12.1. The summed E-state index contributed by atoms with van der Waals surface area (Å²) < 4.78 is 26.7. The molecule has 1 heterocycles. The lowest BCUT2D eigenvalue weighted by Crippen LogP contribution is -2.36. The zero-order valence-electron chi connectivity index (χ0n) is 10.5. The Morgan fingerprint density at radius 1 is 1.50 bits per heavy atom. The van der Waals surface area contributed by atoms with Crippen LogP contribution in [-0.4, -0.2) is 30.3 Å². The van der Waals surface area contributed by atoms with Crippen molar-refractivity contribution in [1.82, 2.24) is 9.29 Å². The highest BCUT2D eigenvalue weighted by Crippen LogP contribution is 2.32. The Hall–Kier alpha value is -0.650. The van der Waals surface area contributed by atoms with Gasteiger partial charge in [0.1, 0.15) is 5.15 Å². The van der Waals surface area contributed by atoms with Gasteiger partial charge in [-0.15, -0.1) is 0 Å². The number of nitrogens with zero attached hydrogens (tertiary/aromatic N) is 2. The number of rotatable bonds is 5. The van der Waals surface area contributed by atoms with Gasteiger partial charge in [-0.05, 0) is 30.9 Å². The van der Waals surface area contributed by atoms with Crippen LogP contribution in [0, 0.1) is 5.92 Å². The molecule has 0 atom stereocenters. The monoisotopic (exact) mass is 288 g/mol. The van der Waals surface area contributed by atoms with E-state index in [2.05, 4.69) is 4.98 Å². The molecule has 6 heteroatoms. The highest BCUT2D eigenvalue weighted by Gasteiger charge is 2.38. The normalized spacial score (nSPS) is 16.5. The molecular weight excluding hydrogens is 272 g/mol. The maximum absolute atomic E-state index is 12.5. The highest BCUT2D eigenvalue weighted by atomic mass is 35.5. The van der Waals surface area contributed by atoms with Gasteiger partial charge in [0.25, 0.3) is 0 Å². The van der Waals surface area contributed by atoms with Gasteiger partial charge in [-0.2, -0.15) is 4.31 Å². The Balaban J connectivity index is 2.33. The smallest absolute Gasteiger partial charge is 0.243 e. The first-order chi connectivity index (χ1) is 8.41. The van der Waals surface area contributed by atoms with Gasteiger partial charge in [0.2, 0.25) is 10.0 Å². The van der Waals surface area contributed by atoms with E-state index >= 15 is 0 Å². The van der Waals surface area contributed by atoms with Crippen molar-refractivity contribution in [2.75, 3.05) is 6.54 Å². The van der Waals surface area contributed by atoms with Crippen molar-refractivity contribution < 1.29 is 8.42 Å². The predicted molar refractivity (Wildman–Crippen MR) is 71.0 cm³/mol. The van der Waals surface area contributed by atoms with Crippen molar-refractivity contribution >= 4 is 21.6 Å². The Morgan fingerprint density at radius 3 is 2.67 bits per heavy atom. The van der Waals surface area contributed by atoms with Crippen molar-refractivity contribution in [3.8, 4) is 0 Å². The van der Waals surface area contributed by atoms with Crippen LogP contribution < -0.4 is 0 Å². The molecule has 1 aliphatic carbocycles. The maximum atomic E-state index is 12.5. The third-order valence-corrected chi connectivity index (χ3v) is 4.92. The second kappa shape index (κ2) is 5.15. The molecule has 1 aromatic rings. The minimum absolute atomic E-state index is 0.157. The standard InChI is InChI=1S/C12H17ClN2O2S/c1-9(2)8-15(10-3-4-10)18(16,17)11-5-6-14-12(13)7-11/h5-7,9-10H,3-4,8H2,1-2H3. The summed E-state index contributed by atoms with van der Waals surface area (Å²) in [5.74, 6) is 0.303. The molecule has 1 aromatic heterocycles. The lowest BCUT2D eigenvalue weighted by Gasteiger charge is -2.23. The molecule has 0 aromatic carbocycles. The topological polar surface area (TPSA) is 50.3 Å². The van der Waals surface area contributed by atoms with E-state index in [1.807, 2.05) is 13.8 Å². The largest absolute Gasteiger partial charge is 0.244 e. The number of aromatic nitrogens is 1. The quantitative estimate of drug-likeness (QED) is 0.783. The fraction of sp³-hybridized carbons (Fsp3) is 0.583. The van der Waals surface area contributed by atoms with Crippen LogP contribution in [0.5, 0.6) is 0 Å². The van der Waals surface area contributed by atoms with Crippen LogP contribution in [0.3, 0.4) is 0 Å². The summed E-state index contributed by atoms with van der Waals surface area (Å²) in [6.45, 7) is 4.59. The average molecular weight is 289 g/mol. The van der Waals surface area contributed by atoms with E-state index in [-0.39, 0.29) is 16.1 Å². The van der Waals surface area contributed by atoms with Gasteiger partial charge >= 0.3 is 0 Å². The molecule has 0 amide bonds. The number of pyridine rings is 1. The van der Waals surface area contributed by atoms with Gasteiger partial charge < -0.3 is 0 Å². The van der Waals surface area contributed by atoms with Gasteiger partial charge in [0.05, 0.1) is 4.90 Å². The van der Waals surface area contributed by atoms with E-state index < -0.39 is 10.0 Å². The molecule has 0 saturated heterocycles. The van der Waals surface area contributed by atoms with Crippen LogP contribution in [0.15, 0.2) is 23.2 Å². The van der Waals surface area contributed by atoms with E-state index in [1.54, 1.807) is 4.31 Å². The van der Waals surface area contributed by atoms with Gasteiger partial charge in [0.15, 0.2) is 0 Å².